The zero-order valence-electron chi connectivity index (χ0n) is 12.7. The molecule has 0 aliphatic heterocycles. The number of fused-ring (bicyclic) bond motifs is 1. The Bertz CT molecular complexity index is 723. The SMILES string of the molecule is CCCNCc1cccc2ccn(Cc3cncn3C)c12. The molecule has 3 aromatic rings. The third-order valence-corrected chi connectivity index (χ3v) is 3.86. The first kappa shape index (κ1) is 13.9. The number of rotatable bonds is 6. The fourth-order valence-corrected chi connectivity index (χ4v) is 2.73. The molecule has 110 valence electrons. The molecule has 0 saturated carbocycles. The molecule has 2 aromatic heterocycles. The van der Waals surface area contributed by atoms with Crippen LogP contribution < -0.4 is 5.32 Å². The van der Waals surface area contributed by atoms with Crippen LogP contribution in [0, 0.1) is 0 Å². The van der Waals surface area contributed by atoms with E-state index in [1.807, 2.05) is 19.6 Å². The van der Waals surface area contributed by atoms with Gasteiger partial charge in [0.1, 0.15) is 0 Å². The molecule has 4 heteroatoms. The second kappa shape index (κ2) is 6.14. The van der Waals surface area contributed by atoms with E-state index in [2.05, 4.69) is 56.8 Å². The normalized spacial score (nSPS) is 11.3. The number of nitrogens with zero attached hydrogens (tertiary/aromatic N) is 3. The molecule has 1 N–H and O–H groups in total. The molecule has 0 unspecified atom stereocenters. The monoisotopic (exact) mass is 282 g/mol. The predicted molar refractivity (Wildman–Crippen MR) is 86.2 cm³/mol. The van der Waals surface area contributed by atoms with E-state index in [0.717, 1.165) is 26.1 Å². The molecule has 3 rings (SSSR count). The summed E-state index contributed by atoms with van der Waals surface area (Å²) in [7, 11) is 2.04. The molecule has 21 heavy (non-hydrogen) atoms. The molecule has 0 aliphatic rings. The molecule has 2 heterocycles. The zero-order valence-corrected chi connectivity index (χ0v) is 12.7. The van der Waals surface area contributed by atoms with Crippen LogP contribution in [-0.4, -0.2) is 20.7 Å². The molecule has 1 aromatic carbocycles. The summed E-state index contributed by atoms with van der Waals surface area (Å²) in [4.78, 5) is 4.20. The predicted octanol–water partition coefficient (Wildman–Crippen LogP) is 2.92. The van der Waals surface area contributed by atoms with Crippen LogP contribution in [-0.2, 0) is 20.1 Å². The molecule has 0 atom stereocenters. The highest BCUT2D eigenvalue weighted by atomic mass is 15.1. The molecule has 0 spiro atoms. The summed E-state index contributed by atoms with van der Waals surface area (Å²) in [5.41, 5.74) is 3.89. The second-order valence-corrected chi connectivity index (χ2v) is 5.47. The zero-order chi connectivity index (χ0) is 14.7. The minimum Gasteiger partial charge on any atom is -0.341 e. The van der Waals surface area contributed by atoms with Crippen LogP contribution >= 0.6 is 0 Å². The summed E-state index contributed by atoms with van der Waals surface area (Å²) in [5.74, 6) is 0. The van der Waals surface area contributed by atoms with Crippen LogP contribution in [0.4, 0.5) is 0 Å². The Labute approximate surface area is 125 Å². The van der Waals surface area contributed by atoms with Gasteiger partial charge in [-0.2, -0.15) is 0 Å². The molecule has 0 saturated heterocycles. The van der Waals surface area contributed by atoms with Gasteiger partial charge < -0.3 is 14.5 Å². The standard InChI is InChI=1S/C17H22N4/c1-3-8-18-10-15-6-4-5-14-7-9-21(17(14)15)12-16-11-19-13-20(16)2/h4-7,9,11,13,18H,3,8,10,12H2,1-2H3. The van der Waals surface area contributed by atoms with Crippen molar-refractivity contribution in [1.82, 2.24) is 19.4 Å². The number of para-hydroxylation sites is 1. The first-order valence-electron chi connectivity index (χ1n) is 7.52. The van der Waals surface area contributed by atoms with Crippen molar-refractivity contribution in [2.45, 2.75) is 26.4 Å². The lowest BCUT2D eigenvalue weighted by atomic mass is 10.1. The average Bonchev–Trinajstić information content (AvgIpc) is 3.08. The highest BCUT2D eigenvalue weighted by Crippen LogP contribution is 2.21. The first-order valence-corrected chi connectivity index (χ1v) is 7.52. The van der Waals surface area contributed by atoms with Crippen LogP contribution in [0.5, 0.6) is 0 Å². The van der Waals surface area contributed by atoms with Gasteiger partial charge in [0, 0.05) is 26.0 Å². The third-order valence-electron chi connectivity index (χ3n) is 3.86. The fraction of sp³-hybridized carbons (Fsp3) is 0.353. The van der Waals surface area contributed by atoms with E-state index in [4.69, 9.17) is 0 Å². The van der Waals surface area contributed by atoms with Crippen molar-refractivity contribution >= 4 is 10.9 Å². The molecular formula is C17H22N4. The lowest BCUT2D eigenvalue weighted by Gasteiger charge is -2.11. The van der Waals surface area contributed by atoms with E-state index >= 15 is 0 Å². The summed E-state index contributed by atoms with van der Waals surface area (Å²) in [6.45, 7) is 5.02. The molecular weight excluding hydrogens is 260 g/mol. The lowest BCUT2D eigenvalue weighted by Crippen LogP contribution is -2.15. The molecule has 0 aliphatic carbocycles. The van der Waals surface area contributed by atoms with Crippen molar-refractivity contribution in [3.05, 3.63) is 54.2 Å². The number of nitrogens with one attached hydrogen (secondary N) is 1. The topological polar surface area (TPSA) is 34.8 Å². The second-order valence-electron chi connectivity index (χ2n) is 5.47. The largest absolute Gasteiger partial charge is 0.341 e. The Kier molecular flexibility index (Phi) is 4.06. The number of aromatic nitrogens is 3. The maximum Gasteiger partial charge on any atom is 0.0946 e. The third kappa shape index (κ3) is 2.85. The highest BCUT2D eigenvalue weighted by Gasteiger charge is 2.08. The van der Waals surface area contributed by atoms with Crippen LogP contribution in [0.1, 0.15) is 24.6 Å². The maximum atomic E-state index is 4.20. The van der Waals surface area contributed by atoms with Crippen molar-refractivity contribution in [3.63, 3.8) is 0 Å². The first-order chi connectivity index (χ1) is 10.3. The molecule has 0 radical (unpaired) electrons. The molecule has 4 nitrogen and oxygen atoms in total. The van der Waals surface area contributed by atoms with Crippen LogP contribution in [0.25, 0.3) is 10.9 Å². The Balaban J connectivity index is 1.93. The summed E-state index contributed by atoms with van der Waals surface area (Å²) < 4.78 is 4.39. The Morgan fingerprint density at radius 2 is 2.14 bits per heavy atom. The molecule has 0 fully saturated rings. The van der Waals surface area contributed by atoms with Gasteiger partial charge in [0.2, 0.25) is 0 Å². The quantitative estimate of drug-likeness (QED) is 0.705. The van der Waals surface area contributed by atoms with Gasteiger partial charge in [0.05, 0.1) is 24.1 Å². The Morgan fingerprint density at radius 1 is 1.24 bits per heavy atom. The lowest BCUT2D eigenvalue weighted by molar-refractivity contribution is 0.673. The van der Waals surface area contributed by atoms with E-state index in [-0.39, 0.29) is 0 Å². The smallest absolute Gasteiger partial charge is 0.0946 e. The van der Waals surface area contributed by atoms with Gasteiger partial charge >= 0.3 is 0 Å². The fourth-order valence-electron chi connectivity index (χ4n) is 2.73. The van der Waals surface area contributed by atoms with Crippen molar-refractivity contribution in [2.24, 2.45) is 7.05 Å². The Hall–Kier alpha value is -2.07. The van der Waals surface area contributed by atoms with Crippen molar-refractivity contribution < 1.29 is 0 Å². The van der Waals surface area contributed by atoms with Crippen molar-refractivity contribution in [3.8, 4) is 0 Å². The average molecular weight is 282 g/mol. The molecule has 0 amide bonds. The van der Waals surface area contributed by atoms with E-state index in [9.17, 15) is 0 Å². The van der Waals surface area contributed by atoms with Crippen molar-refractivity contribution in [1.29, 1.82) is 0 Å². The highest BCUT2D eigenvalue weighted by molar-refractivity contribution is 5.83. The number of imidazole rings is 1. The summed E-state index contributed by atoms with van der Waals surface area (Å²) in [5, 5.41) is 4.80. The van der Waals surface area contributed by atoms with Gasteiger partial charge in [-0.25, -0.2) is 4.98 Å². The minimum absolute atomic E-state index is 0.852. The van der Waals surface area contributed by atoms with E-state index in [1.54, 1.807) is 0 Å². The van der Waals surface area contributed by atoms with Crippen LogP contribution in [0.15, 0.2) is 43.0 Å². The summed E-state index contributed by atoms with van der Waals surface area (Å²) in [6, 6.07) is 8.72. The van der Waals surface area contributed by atoms with Gasteiger partial charge in [-0.3, -0.25) is 0 Å². The van der Waals surface area contributed by atoms with Gasteiger partial charge in [0.15, 0.2) is 0 Å². The van der Waals surface area contributed by atoms with Crippen LogP contribution in [0.3, 0.4) is 0 Å². The van der Waals surface area contributed by atoms with Gasteiger partial charge in [-0.1, -0.05) is 25.1 Å². The summed E-state index contributed by atoms with van der Waals surface area (Å²) >= 11 is 0. The van der Waals surface area contributed by atoms with Gasteiger partial charge in [0.25, 0.3) is 0 Å². The van der Waals surface area contributed by atoms with E-state index < -0.39 is 0 Å². The van der Waals surface area contributed by atoms with Crippen LogP contribution in [0.2, 0.25) is 0 Å². The number of benzene rings is 1. The minimum atomic E-state index is 0.852. The molecule has 0 bridgehead atoms. The van der Waals surface area contributed by atoms with Gasteiger partial charge in [-0.05, 0) is 30.0 Å². The van der Waals surface area contributed by atoms with Crippen molar-refractivity contribution in [2.75, 3.05) is 6.54 Å². The Morgan fingerprint density at radius 3 is 2.90 bits per heavy atom. The summed E-state index contributed by atoms with van der Waals surface area (Å²) in [6.07, 6.45) is 7.11. The number of aryl methyl sites for hydroxylation is 1. The van der Waals surface area contributed by atoms with E-state index in [0.29, 0.717) is 0 Å². The maximum absolute atomic E-state index is 4.20. The van der Waals surface area contributed by atoms with E-state index in [1.165, 1.54) is 22.2 Å². The number of hydrogen-bond donors (Lipinski definition) is 1. The number of hydrogen-bond acceptors (Lipinski definition) is 2. The van der Waals surface area contributed by atoms with Gasteiger partial charge in [-0.15, -0.1) is 0 Å².